The Bertz CT molecular complexity index is 990. The summed E-state index contributed by atoms with van der Waals surface area (Å²) in [6, 6.07) is 5.54. The van der Waals surface area contributed by atoms with E-state index >= 15 is 0 Å². The molecule has 156 valence electrons. The zero-order chi connectivity index (χ0) is 21.8. The Morgan fingerprint density at radius 1 is 1.13 bits per heavy atom. The molecule has 0 saturated heterocycles. The van der Waals surface area contributed by atoms with Gasteiger partial charge in [0.1, 0.15) is 12.6 Å². The number of nitrogens with two attached hydrogens (primary N) is 2. The number of hydrogen-bond donors (Lipinski definition) is 3. The monoisotopic (exact) mass is 411 g/mol. The van der Waals surface area contributed by atoms with Crippen LogP contribution in [0.25, 0.3) is 0 Å². The molecule has 2 amide bonds. The molecule has 5 N–H and O–H groups in total. The number of nitrogens with zero attached hydrogens (tertiary/aromatic N) is 1. The van der Waals surface area contributed by atoms with Crippen LogP contribution >= 0.6 is 0 Å². The van der Waals surface area contributed by atoms with E-state index in [0.717, 1.165) is 5.56 Å². The van der Waals surface area contributed by atoms with Crippen molar-refractivity contribution in [2.75, 3.05) is 6.54 Å². The molecule has 0 spiro atoms. The highest BCUT2D eigenvalue weighted by Gasteiger charge is 2.33. The van der Waals surface area contributed by atoms with Gasteiger partial charge in [0.2, 0.25) is 17.6 Å². The van der Waals surface area contributed by atoms with Crippen LogP contribution in [0.2, 0.25) is 0 Å². The van der Waals surface area contributed by atoms with Gasteiger partial charge in [0.05, 0.1) is 0 Å². The number of hydrogen-bond acceptors (Lipinski definition) is 6. The van der Waals surface area contributed by atoms with Crippen molar-refractivity contribution in [2.24, 2.45) is 11.5 Å². The second-order valence-electron chi connectivity index (χ2n) is 6.97. The third-order valence-electron chi connectivity index (χ3n) is 4.88. The SMILES string of the molecule is NC(=O)CCC(C(=O)O)N1C=C2C=CC(=O)C(OCc3ccc(C(N)=O)cc3)=C2C1. The number of aliphatic carboxylic acids is 1. The number of ether oxygens (including phenoxy) is 1. The third-order valence-corrected chi connectivity index (χ3v) is 4.88. The van der Waals surface area contributed by atoms with Crippen LogP contribution in [0.4, 0.5) is 0 Å². The van der Waals surface area contributed by atoms with Crippen LogP contribution in [-0.2, 0) is 25.7 Å². The zero-order valence-electron chi connectivity index (χ0n) is 16.0. The van der Waals surface area contributed by atoms with Crippen molar-refractivity contribution in [2.45, 2.75) is 25.5 Å². The minimum atomic E-state index is -1.08. The molecule has 1 aromatic rings. The molecule has 1 unspecified atom stereocenters. The van der Waals surface area contributed by atoms with Crippen LogP contribution in [0.1, 0.15) is 28.8 Å². The standard InChI is InChI=1S/C21H21N3O6/c22-18(26)8-6-16(21(28)29)24-9-14-5-7-17(25)19(15(14)10-24)30-11-12-1-3-13(4-2-12)20(23)27/h1-5,7,9,16H,6,8,10-11H2,(H2,22,26)(H2,23,27)(H,28,29). The first kappa shape index (κ1) is 20.8. The maximum absolute atomic E-state index is 12.4. The Labute approximate surface area is 172 Å². The number of carbonyl (C=O) groups is 4. The zero-order valence-corrected chi connectivity index (χ0v) is 16.0. The van der Waals surface area contributed by atoms with Gasteiger partial charge < -0.3 is 26.2 Å². The van der Waals surface area contributed by atoms with Gasteiger partial charge in [-0.05, 0) is 41.8 Å². The molecule has 0 fully saturated rings. The van der Waals surface area contributed by atoms with Crippen molar-refractivity contribution in [1.82, 2.24) is 4.90 Å². The molecular formula is C21H21N3O6. The average molecular weight is 411 g/mol. The number of rotatable bonds is 9. The highest BCUT2D eigenvalue weighted by atomic mass is 16.5. The Hall–Kier alpha value is -3.88. The van der Waals surface area contributed by atoms with Gasteiger partial charge in [-0.15, -0.1) is 0 Å². The summed E-state index contributed by atoms with van der Waals surface area (Å²) in [4.78, 5) is 47.8. The van der Waals surface area contributed by atoms with Gasteiger partial charge in [0.15, 0.2) is 5.76 Å². The van der Waals surface area contributed by atoms with Gasteiger partial charge in [0.25, 0.3) is 0 Å². The molecule has 1 aromatic carbocycles. The number of fused-ring (bicyclic) bond motifs is 1. The number of ketones is 1. The number of benzene rings is 1. The molecule has 0 saturated carbocycles. The second kappa shape index (κ2) is 8.64. The van der Waals surface area contributed by atoms with Crippen LogP contribution in [-0.4, -0.2) is 46.2 Å². The topological polar surface area (TPSA) is 153 Å². The summed E-state index contributed by atoms with van der Waals surface area (Å²) >= 11 is 0. The van der Waals surface area contributed by atoms with E-state index in [9.17, 15) is 24.3 Å². The van der Waals surface area contributed by atoms with Gasteiger partial charge in [-0.25, -0.2) is 4.79 Å². The quantitative estimate of drug-likeness (QED) is 0.538. The first-order valence-electron chi connectivity index (χ1n) is 9.22. The average Bonchev–Trinajstić information content (AvgIpc) is 3.11. The predicted octanol–water partition coefficient (Wildman–Crippen LogP) is 0.613. The van der Waals surface area contributed by atoms with Gasteiger partial charge in [-0.3, -0.25) is 14.4 Å². The molecule has 1 aliphatic heterocycles. The van der Waals surface area contributed by atoms with Crippen LogP contribution < -0.4 is 11.5 Å². The normalized spacial score (nSPS) is 16.2. The van der Waals surface area contributed by atoms with Gasteiger partial charge in [-0.2, -0.15) is 0 Å². The molecule has 1 aliphatic carbocycles. The van der Waals surface area contributed by atoms with Gasteiger partial charge in [-0.1, -0.05) is 12.1 Å². The van der Waals surface area contributed by atoms with Crippen LogP contribution in [0, 0.1) is 0 Å². The number of amides is 2. The van der Waals surface area contributed by atoms with Crippen molar-refractivity contribution in [3.8, 4) is 0 Å². The van der Waals surface area contributed by atoms with Crippen LogP contribution in [0.5, 0.6) is 0 Å². The fraction of sp³-hybridized carbons (Fsp3) is 0.238. The van der Waals surface area contributed by atoms with Crippen LogP contribution in [0.15, 0.2) is 59.5 Å². The van der Waals surface area contributed by atoms with Crippen molar-refractivity contribution < 1.29 is 29.0 Å². The first-order valence-corrected chi connectivity index (χ1v) is 9.22. The molecule has 9 heteroatoms. The van der Waals surface area contributed by atoms with E-state index in [4.69, 9.17) is 16.2 Å². The molecule has 0 aromatic heterocycles. The van der Waals surface area contributed by atoms with E-state index in [1.165, 1.54) is 6.08 Å². The van der Waals surface area contributed by atoms with E-state index in [2.05, 4.69) is 0 Å². The lowest BCUT2D eigenvalue weighted by Gasteiger charge is -2.24. The number of carboxylic acid groups (broad SMARTS) is 1. The molecule has 1 atom stereocenters. The van der Waals surface area contributed by atoms with Gasteiger partial charge >= 0.3 is 5.97 Å². The largest absolute Gasteiger partial charge is 0.484 e. The predicted molar refractivity (Wildman–Crippen MR) is 106 cm³/mol. The smallest absolute Gasteiger partial charge is 0.326 e. The lowest BCUT2D eigenvalue weighted by Crippen LogP contribution is -2.37. The first-order chi connectivity index (χ1) is 14.3. The van der Waals surface area contributed by atoms with Crippen molar-refractivity contribution in [1.29, 1.82) is 0 Å². The summed E-state index contributed by atoms with van der Waals surface area (Å²) in [6.07, 6.45) is 4.61. The van der Waals surface area contributed by atoms with Crippen molar-refractivity contribution in [3.05, 3.63) is 70.6 Å². The fourth-order valence-corrected chi connectivity index (χ4v) is 3.30. The van der Waals surface area contributed by atoms with E-state index in [1.54, 1.807) is 41.4 Å². The molecule has 0 bridgehead atoms. The molecular weight excluding hydrogens is 390 g/mol. The van der Waals surface area contributed by atoms with E-state index in [-0.39, 0.29) is 37.5 Å². The highest BCUT2D eigenvalue weighted by molar-refractivity contribution is 6.05. The summed E-state index contributed by atoms with van der Waals surface area (Å²) in [5, 5.41) is 9.52. The number of primary amides is 2. The lowest BCUT2D eigenvalue weighted by molar-refractivity contribution is -0.142. The molecule has 0 radical (unpaired) electrons. The highest BCUT2D eigenvalue weighted by Crippen LogP contribution is 2.32. The van der Waals surface area contributed by atoms with Crippen molar-refractivity contribution in [3.63, 3.8) is 0 Å². The number of allylic oxidation sites excluding steroid dienone is 2. The summed E-state index contributed by atoms with van der Waals surface area (Å²) in [5.41, 5.74) is 12.7. The summed E-state index contributed by atoms with van der Waals surface area (Å²) < 4.78 is 5.76. The fourth-order valence-electron chi connectivity index (χ4n) is 3.30. The molecule has 9 nitrogen and oxygen atoms in total. The Morgan fingerprint density at radius 3 is 2.43 bits per heavy atom. The minimum absolute atomic E-state index is 0.0573. The Kier molecular flexibility index (Phi) is 6.01. The maximum atomic E-state index is 12.4. The van der Waals surface area contributed by atoms with E-state index < -0.39 is 23.8 Å². The lowest BCUT2D eigenvalue weighted by atomic mass is 10.00. The summed E-state index contributed by atoms with van der Waals surface area (Å²) in [7, 11) is 0. The summed E-state index contributed by atoms with van der Waals surface area (Å²) in [5.74, 6) is -2.37. The molecule has 1 heterocycles. The Balaban J connectivity index is 1.76. The van der Waals surface area contributed by atoms with Gasteiger partial charge in [0, 0.05) is 30.3 Å². The second-order valence-corrected chi connectivity index (χ2v) is 6.97. The number of carboxylic acids is 1. The van der Waals surface area contributed by atoms with E-state index in [1.807, 2.05) is 0 Å². The Morgan fingerprint density at radius 2 is 1.83 bits per heavy atom. The maximum Gasteiger partial charge on any atom is 0.326 e. The minimum Gasteiger partial charge on any atom is -0.484 e. The molecule has 30 heavy (non-hydrogen) atoms. The van der Waals surface area contributed by atoms with Crippen LogP contribution in [0.3, 0.4) is 0 Å². The van der Waals surface area contributed by atoms with E-state index in [0.29, 0.717) is 16.7 Å². The molecule has 2 aliphatic rings. The van der Waals surface area contributed by atoms with Crippen molar-refractivity contribution >= 4 is 23.6 Å². The third kappa shape index (κ3) is 4.57. The summed E-state index contributed by atoms with van der Waals surface area (Å²) in [6.45, 7) is 0.256. The molecule has 3 rings (SSSR count). The number of carbonyl (C=O) groups excluding carboxylic acids is 3.